The number of fused-ring (bicyclic) bond motifs is 1. The predicted octanol–water partition coefficient (Wildman–Crippen LogP) is 2.26. The fourth-order valence-electron chi connectivity index (χ4n) is 2.63. The second kappa shape index (κ2) is 5.31. The van der Waals surface area contributed by atoms with Gasteiger partial charge >= 0.3 is 0 Å². The van der Waals surface area contributed by atoms with Crippen LogP contribution in [0, 0.1) is 0 Å². The molecule has 0 saturated carbocycles. The van der Waals surface area contributed by atoms with Gasteiger partial charge in [0.1, 0.15) is 0 Å². The summed E-state index contributed by atoms with van der Waals surface area (Å²) in [6.45, 7) is 4.85. The van der Waals surface area contributed by atoms with Crippen molar-refractivity contribution in [1.82, 2.24) is 9.55 Å². The van der Waals surface area contributed by atoms with Crippen LogP contribution in [0.1, 0.15) is 25.5 Å². The first kappa shape index (κ1) is 14.9. The van der Waals surface area contributed by atoms with Crippen molar-refractivity contribution in [3.63, 3.8) is 0 Å². The second-order valence-electron chi connectivity index (χ2n) is 5.83. The van der Waals surface area contributed by atoms with Crippen molar-refractivity contribution in [2.45, 2.75) is 31.3 Å². The molecule has 0 aliphatic carbocycles. The van der Waals surface area contributed by atoms with Crippen molar-refractivity contribution in [2.75, 3.05) is 23.2 Å². The summed E-state index contributed by atoms with van der Waals surface area (Å²) in [6.07, 6.45) is 3.94. The first-order valence-electron chi connectivity index (χ1n) is 7.28. The van der Waals surface area contributed by atoms with Gasteiger partial charge in [-0.1, -0.05) is 6.07 Å². The van der Waals surface area contributed by atoms with Gasteiger partial charge in [-0.25, -0.2) is 4.98 Å². The van der Waals surface area contributed by atoms with Gasteiger partial charge in [0.15, 0.2) is 5.03 Å². The molecule has 1 aliphatic heterocycles. The molecule has 0 spiro atoms. The maximum absolute atomic E-state index is 12.5. The number of nitrogens with one attached hydrogen (secondary N) is 1. The Morgan fingerprint density at radius 2 is 2.09 bits per heavy atom. The molecule has 0 fully saturated rings. The van der Waals surface area contributed by atoms with E-state index in [0.717, 1.165) is 24.2 Å². The number of sulfonamides is 1. The van der Waals surface area contributed by atoms with Crippen LogP contribution in [-0.2, 0) is 16.4 Å². The zero-order chi connectivity index (χ0) is 15.9. The van der Waals surface area contributed by atoms with E-state index >= 15 is 0 Å². The van der Waals surface area contributed by atoms with Crippen LogP contribution in [0.2, 0.25) is 0 Å². The van der Waals surface area contributed by atoms with Gasteiger partial charge in [0, 0.05) is 37.1 Å². The minimum atomic E-state index is -3.67. The number of hydrogen-bond acceptors (Lipinski definition) is 4. The van der Waals surface area contributed by atoms with Crippen LogP contribution in [0.5, 0.6) is 0 Å². The molecule has 1 N–H and O–H groups in total. The number of aromatic nitrogens is 2. The molecule has 0 radical (unpaired) electrons. The maximum atomic E-state index is 12.5. The highest BCUT2D eigenvalue weighted by Crippen LogP contribution is 2.33. The molecule has 2 heterocycles. The topological polar surface area (TPSA) is 67.2 Å². The van der Waals surface area contributed by atoms with Gasteiger partial charge in [0.2, 0.25) is 0 Å². The number of anilines is 2. The Bertz CT molecular complexity index is 796. The number of likely N-dealkylation sites (N-methyl/N-ethyl adjacent to an activating group) is 1. The zero-order valence-electron chi connectivity index (χ0n) is 12.9. The minimum Gasteiger partial charge on any atom is -0.374 e. The lowest BCUT2D eigenvalue weighted by Gasteiger charge is -2.14. The lowest BCUT2D eigenvalue weighted by atomic mass is 10.1. The summed E-state index contributed by atoms with van der Waals surface area (Å²) in [4.78, 5) is 6.14. The molecule has 7 heteroatoms. The summed E-state index contributed by atoms with van der Waals surface area (Å²) < 4.78 is 29.5. The van der Waals surface area contributed by atoms with E-state index < -0.39 is 10.0 Å². The van der Waals surface area contributed by atoms with Gasteiger partial charge in [-0.15, -0.1) is 0 Å². The molecular weight excluding hydrogens is 300 g/mol. The molecule has 1 aliphatic rings. The van der Waals surface area contributed by atoms with Crippen molar-refractivity contribution in [3.8, 4) is 0 Å². The monoisotopic (exact) mass is 320 g/mol. The first-order chi connectivity index (χ1) is 10.4. The van der Waals surface area contributed by atoms with Crippen LogP contribution in [0.25, 0.3) is 0 Å². The molecule has 2 aromatic rings. The van der Waals surface area contributed by atoms with E-state index in [2.05, 4.69) is 14.6 Å². The van der Waals surface area contributed by atoms with Crippen LogP contribution < -0.4 is 9.62 Å². The van der Waals surface area contributed by atoms with Crippen molar-refractivity contribution in [3.05, 3.63) is 36.3 Å². The second-order valence-corrected chi connectivity index (χ2v) is 7.46. The van der Waals surface area contributed by atoms with E-state index in [1.165, 1.54) is 0 Å². The van der Waals surface area contributed by atoms with Gasteiger partial charge < -0.3 is 9.47 Å². The standard InChI is InChI=1S/C15H20N4O2S/c1-11(2)19-9-15(16-10-19)22(20,21)17-13-5-4-6-14-12(13)7-8-18(14)3/h4-6,9-11,17H,7-8H2,1-3H3. The summed E-state index contributed by atoms with van der Waals surface area (Å²) >= 11 is 0. The number of hydrogen-bond donors (Lipinski definition) is 1. The summed E-state index contributed by atoms with van der Waals surface area (Å²) in [5, 5.41) is 0.0464. The Morgan fingerprint density at radius 3 is 2.77 bits per heavy atom. The van der Waals surface area contributed by atoms with Gasteiger partial charge in [-0.05, 0) is 32.4 Å². The molecule has 22 heavy (non-hydrogen) atoms. The summed E-state index contributed by atoms with van der Waals surface area (Å²) in [5.74, 6) is 0. The van der Waals surface area contributed by atoms with Crippen molar-refractivity contribution in [2.24, 2.45) is 0 Å². The van der Waals surface area contributed by atoms with Gasteiger partial charge in [0.05, 0.1) is 12.0 Å². The van der Waals surface area contributed by atoms with Gasteiger partial charge in [0.25, 0.3) is 10.0 Å². The largest absolute Gasteiger partial charge is 0.374 e. The fraction of sp³-hybridized carbons (Fsp3) is 0.400. The third kappa shape index (κ3) is 2.56. The lowest BCUT2D eigenvalue weighted by Crippen LogP contribution is -2.14. The number of nitrogens with zero attached hydrogens (tertiary/aromatic N) is 3. The molecule has 118 valence electrons. The molecule has 1 aromatic heterocycles. The quantitative estimate of drug-likeness (QED) is 0.938. The van der Waals surface area contributed by atoms with E-state index in [0.29, 0.717) is 5.69 Å². The summed E-state index contributed by atoms with van der Waals surface area (Å²) in [5.41, 5.74) is 2.76. The van der Waals surface area contributed by atoms with Crippen molar-refractivity contribution < 1.29 is 8.42 Å². The summed E-state index contributed by atoms with van der Waals surface area (Å²) in [7, 11) is -1.66. The Hall–Kier alpha value is -2.02. The highest BCUT2D eigenvalue weighted by molar-refractivity contribution is 7.92. The molecule has 0 bridgehead atoms. The van der Waals surface area contributed by atoms with E-state index in [-0.39, 0.29) is 11.1 Å². The Morgan fingerprint density at radius 1 is 1.32 bits per heavy atom. The SMILES string of the molecule is CC(C)n1cnc(S(=O)(=O)Nc2cccc3c2CCN3C)c1. The van der Waals surface area contributed by atoms with Gasteiger partial charge in [-0.3, -0.25) is 4.72 Å². The first-order valence-corrected chi connectivity index (χ1v) is 8.76. The predicted molar refractivity (Wildman–Crippen MR) is 86.8 cm³/mol. The molecule has 0 saturated heterocycles. The zero-order valence-corrected chi connectivity index (χ0v) is 13.8. The van der Waals surface area contributed by atoms with E-state index in [4.69, 9.17) is 0 Å². The molecular formula is C15H20N4O2S. The van der Waals surface area contributed by atoms with Crippen LogP contribution in [0.3, 0.4) is 0 Å². The van der Waals surface area contributed by atoms with E-state index in [1.807, 2.05) is 33.0 Å². The molecule has 1 aromatic carbocycles. The van der Waals surface area contributed by atoms with Crippen molar-refractivity contribution in [1.29, 1.82) is 0 Å². The van der Waals surface area contributed by atoms with Crippen LogP contribution in [-0.4, -0.2) is 31.6 Å². The molecule has 0 unspecified atom stereocenters. The lowest BCUT2D eigenvalue weighted by molar-refractivity contribution is 0.591. The number of benzene rings is 1. The van der Waals surface area contributed by atoms with Gasteiger partial charge in [-0.2, -0.15) is 8.42 Å². The Kier molecular flexibility index (Phi) is 3.60. The number of imidazole rings is 1. The van der Waals surface area contributed by atoms with Crippen molar-refractivity contribution >= 4 is 21.4 Å². The normalized spacial score (nSPS) is 14.5. The third-order valence-electron chi connectivity index (χ3n) is 3.95. The third-order valence-corrected chi connectivity index (χ3v) is 5.20. The molecule has 6 nitrogen and oxygen atoms in total. The van der Waals surface area contributed by atoms with Crippen LogP contribution in [0.15, 0.2) is 35.7 Å². The molecule has 0 atom stereocenters. The van der Waals surface area contributed by atoms with E-state index in [1.54, 1.807) is 23.2 Å². The number of rotatable bonds is 4. The highest BCUT2D eigenvalue weighted by atomic mass is 32.2. The average Bonchev–Trinajstić information content (AvgIpc) is 3.07. The highest BCUT2D eigenvalue weighted by Gasteiger charge is 2.23. The maximum Gasteiger partial charge on any atom is 0.280 e. The fourth-order valence-corrected chi connectivity index (χ4v) is 3.66. The van der Waals surface area contributed by atoms with Crippen LogP contribution in [0.4, 0.5) is 11.4 Å². The summed E-state index contributed by atoms with van der Waals surface area (Å²) in [6, 6.07) is 5.85. The molecule has 0 amide bonds. The minimum absolute atomic E-state index is 0.0464. The Balaban J connectivity index is 1.92. The average molecular weight is 320 g/mol. The molecule has 3 rings (SSSR count). The smallest absolute Gasteiger partial charge is 0.280 e. The van der Waals surface area contributed by atoms with Crippen LogP contribution >= 0.6 is 0 Å². The van der Waals surface area contributed by atoms with E-state index in [9.17, 15) is 8.42 Å². The Labute approximate surface area is 130 Å².